The Morgan fingerprint density at radius 3 is 1.44 bits per heavy atom. The normalized spacial score (nSPS) is 13.5. The van der Waals surface area contributed by atoms with Gasteiger partial charge in [0, 0.05) is 0 Å². The van der Waals surface area contributed by atoms with Gasteiger partial charge in [0.25, 0.3) is 0 Å². The van der Waals surface area contributed by atoms with Crippen molar-refractivity contribution in [3.63, 3.8) is 0 Å². The minimum atomic E-state index is -2.43. The molecule has 0 bridgehead atoms. The second-order valence-corrected chi connectivity index (χ2v) is 15.8. The average Bonchev–Trinajstić information content (AvgIpc) is 3.05. The summed E-state index contributed by atoms with van der Waals surface area (Å²) in [5.41, 5.74) is 7.86. The van der Waals surface area contributed by atoms with E-state index in [2.05, 4.69) is 154 Å². The van der Waals surface area contributed by atoms with Crippen molar-refractivity contribution in [1.82, 2.24) is 10.6 Å². The first-order chi connectivity index (χ1) is 20.7. The number of nitrogens with one attached hydrogen (secondary N) is 4. The van der Waals surface area contributed by atoms with E-state index in [9.17, 15) is 0 Å². The van der Waals surface area contributed by atoms with Crippen LogP contribution in [0.4, 0.5) is 0 Å². The van der Waals surface area contributed by atoms with Crippen molar-refractivity contribution >= 4 is 35.1 Å². The van der Waals surface area contributed by atoms with Crippen LogP contribution in [0.3, 0.4) is 0 Å². The van der Waals surface area contributed by atoms with E-state index in [1.54, 1.807) is 0 Å². The number of benzene rings is 4. The molecular weight excluding hydrogens is 545 g/mol. The monoisotopic (exact) mass is 593 g/mol. The van der Waals surface area contributed by atoms with E-state index in [1.165, 1.54) is 27.0 Å². The number of nitrogens with two attached hydrogens (primary N) is 1. The molecule has 4 rings (SSSR count). The third-order valence-corrected chi connectivity index (χ3v) is 14.9. The Balaban J connectivity index is 1.78. The van der Waals surface area contributed by atoms with Crippen LogP contribution in [0.1, 0.15) is 58.1 Å². The van der Waals surface area contributed by atoms with Gasteiger partial charge in [-0.15, -0.1) is 0 Å². The third kappa shape index (κ3) is 6.84. The zero-order valence-electron chi connectivity index (χ0n) is 26.1. The molecule has 0 spiro atoms. The van der Waals surface area contributed by atoms with Crippen LogP contribution in [-0.4, -0.2) is 24.6 Å². The number of hydrogen-bond donors (Lipinski definition) is 5. The molecular formula is C37H48N5P. The summed E-state index contributed by atoms with van der Waals surface area (Å²) in [7, 11) is -2.43. The standard InChI is InChI=1S/C37H48N5P/c1-5-36(4,29-23-25-30(26-24-29)37(6-2,7-3)27-41-35(40)42-34(38)39)28-43(31-17-11-8-12-18-31,32-19-13-9-14-20-32)33-21-15-10-16-22-33/h8-26,43H,5-7,27-28H2,1-4H3,(H6,38,39,40,41,42)/t36-/m0/s1. The number of rotatable bonds is 12. The molecule has 0 fully saturated rings. The average molecular weight is 594 g/mol. The molecule has 5 nitrogen and oxygen atoms in total. The molecule has 0 radical (unpaired) electrons. The molecule has 0 aliphatic carbocycles. The molecule has 6 N–H and O–H groups in total. The molecule has 4 aromatic carbocycles. The van der Waals surface area contributed by atoms with E-state index in [0.717, 1.165) is 25.4 Å². The Morgan fingerprint density at radius 2 is 1.07 bits per heavy atom. The topological polar surface area (TPSA) is 97.8 Å². The van der Waals surface area contributed by atoms with E-state index in [-0.39, 0.29) is 22.7 Å². The van der Waals surface area contributed by atoms with Crippen molar-refractivity contribution in [3.05, 3.63) is 126 Å². The van der Waals surface area contributed by atoms with Gasteiger partial charge in [-0.2, -0.15) is 0 Å². The van der Waals surface area contributed by atoms with Crippen LogP contribution in [0, 0.1) is 10.8 Å². The van der Waals surface area contributed by atoms with E-state index in [0.29, 0.717) is 6.54 Å². The fourth-order valence-corrected chi connectivity index (χ4v) is 12.2. The molecule has 0 heterocycles. The predicted molar refractivity (Wildman–Crippen MR) is 189 cm³/mol. The molecule has 0 amide bonds. The van der Waals surface area contributed by atoms with Crippen molar-refractivity contribution in [2.75, 3.05) is 12.7 Å². The van der Waals surface area contributed by atoms with Crippen molar-refractivity contribution in [2.45, 2.75) is 57.8 Å². The molecule has 43 heavy (non-hydrogen) atoms. The molecule has 0 aliphatic heterocycles. The van der Waals surface area contributed by atoms with E-state index >= 15 is 0 Å². The van der Waals surface area contributed by atoms with Gasteiger partial charge < -0.3 is 5.73 Å². The Labute approximate surface area is 258 Å². The second-order valence-electron chi connectivity index (χ2n) is 11.9. The molecule has 1 atom stereocenters. The van der Waals surface area contributed by atoms with Crippen molar-refractivity contribution < 1.29 is 0 Å². The van der Waals surface area contributed by atoms with Gasteiger partial charge in [0.05, 0.1) is 0 Å². The van der Waals surface area contributed by atoms with Crippen LogP contribution >= 0.6 is 7.26 Å². The summed E-state index contributed by atoms with van der Waals surface area (Å²) in [6.07, 6.45) is 3.94. The SMILES string of the molecule is CCC(CC)(CNC(=N)NC(=N)N)c1ccc([C@@](C)(CC)C[PH](c2ccccc2)(c2ccccc2)c2ccccc2)cc1. The summed E-state index contributed by atoms with van der Waals surface area (Å²) in [6.45, 7) is 9.78. The van der Waals surface area contributed by atoms with Gasteiger partial charge in [-0.3, -0.25) is 5.41 Å². The van der Waals surface area contributed by atoms with E-state index in [1.807, 2.05) is 0 Å². The fraction of sp³-hybridized carbons (Fsp3) is 0.297. The molecule has 0 saturated carbocycles. The molecule has 0 saturated heterocycles. The summed E-state index contributed by atoms with van der Waals surface area (Å²) in [4.78, 5) is 0. The zero-order valence-corrected chi connectivity index (χ0v) is 27.1. The van der Waals surface area contributed by atoms with Gasteiger partial charge in [0.2, 0.25) is 0 Å². The van der Waals surface area contributed by atoms with Gasteiger partial charge in [0.15, 0.2) is 0 Å². The van der Waals surface area contributed by atoms with Crippen LogP contribution in [-0.2, 0) is 10.8 Å². The van der Waals surface area contributed by atoms with Crippen molar-refractivity contribution in [1.29, 1.82) is 10.8 Å². The van der Waals surface area contributed by atoms with Crippen LogP contribution in [0.15, 0.2) is 115 Å². The van der Waals surface area contributed by atoms with Gasteiger partial charge in [0.1, 0.15) is 0 Å². The summed E-state index contributed by atoms with van der Waals surface area (Å²) < 4.78 is 0. The number of guanidine groups is 2. The van der Waals surface area contributed by atoms with Crippen LogP contribution in [0.2, 0.25) is 0 Å². The third-order valence-electron chi connectivity index (χ3n) is 9.65. The summed E-state index contributed by atoms with van der Waals surface area (Å²) >= 11 is 0. The van der Waals surface area contributed by atoms with E-state index in [4.69, 9.17) is 16.6 Å². The van der Waals surface area contributed by atoms with Gasteiger partial charge in [-0.25, -0.2) is 0 Å². The molecule has 6 heteroatoms. The summed E-state index contributed by atoms with van der Waals surface area (Å²) in [5.74, 6) is -0.182. The van der Waals surface area contributed by atoms with Crippen LogP contribution in [0.25, 0.3) is 0 Å². The van der Waals surface area contributed by atoms with Crippen LogP contribution in [0.5, 0.6) is 0 Å². The first-order valence-corrected chi connectivity index (χ1v) is 17.6. The molecule has 0 aromatic heterocycles. The summed E-state index contributed by atoms with van der Waals surface area (Å²) in [5, 5.41) is 25.6. The first-order valence-electron chi connectivity index (χ1n) is 15.4. The minimum absolute atomic E-state index is 0.0537. The van der Waals surface area contributed by atoms with Gasteiger partial charge >= 0.3 is 248 Å². The van der Waals surface area contributed by atoms with Crippen molar-refractivity contribution in [3.8, 4) is 0 Å². The second kappa shape index (κ2) is 14.0. The first kappa shape index (κ1) is 32.0. The maximum absolute atomic E-state index is 8.11. The Hall–Kier alpha value is -3.95. The maximum atomic E-state index is 8.11. The zero-order chi connectivity index (χ0) is 30.9. The van der Waals surface area contributed by atoms with Gasteiger partial charge in [-0.1, -0.05) is 0 Å². The fourth-order valence-electron chi connectivity index (χ4n) is 6.66. The number of hydrogen-bond acceptors (Lipinski definition) is 2. The molecule has 4 aromatic rings. The summed E-state index contributed by atoms with van der Waals surface area (Å²) in [6, 6.07) is 42.8. The van der Waals surface area contributed by atoms with Crippen molar-refractivity contribution in [2.24, 2.45) is 5.73 Å². The molecule has 0 unspecified atom stereocenters. The predicted octanol–water partition coefficient (Wildman–Crippen LogP) is 6.15. The molecule has 226 valence electrons. The Bertz CT molecular complexity index is 1370. The van der Waals surface area contributed by atoms with Crippen LogP contribution < -0.4 is 32.3 Å². The Morgan fingerprint density at radius 1 is 0.651 bits per heavy atom. The Kier molecular flexibility index (Phi) is 10.4. The quantitative estimate of drug-likeness (QED) is 0.0775. The molecule has 0 aliphatic rings. The van der Waals surface area contributed by atoms with Gasteiger partial charge in [-0.05, 0) is 0 Å². The van der Waals surface area contributed by atoms with E-state index < -0.39 is 7.26 Å².